The first kappa shape index (κ1) is 71.9. The first-order valence-electron chi connectivity index (χ1n) is 30.1. The number of thiophene rings is 1. The van der Waals surface area contributed by atoms with Crippen LogP contribution < -0.4 is 29.0 Å². The van der Waals surface area contributed by atoms with Crippen molar-refractivity contribution < 1.29 is 80.2 Å². The molecule has 0 aliphatic carbocycles. The quantitative estimate of drug-likeness (QED) is 0.0277. The Hall–Kier alpha value is -9.97. The summed E-state index contributed by atoms with van der Waals surface area (Å²) in [4.78, 5) is 58.8. The van der Waals surface area contributed by atoms with Gasteiger partial charge in [0.25, 0.3) is 5.91 Å². The molecule has 0 radical (unpaired) electrons. The number of hydrogen-bond donors (Lipinski definition) is 4. The lowest BCUT2D eigenvalue weighted by Gasteiger charge is -2.26. The average molecular weight is 1370 g/mol. The number of carbonyl (C=O) groups excluding carboxylic acids is 1. The number of nitrogens with one attached hydrogen (secondary N) is 1. The predicted octanol–water partition coefficient (Wildman–Crippen LogP) is 17.2. The van der Waals surface area contributed by atoms with Gasteiger partial charge in [-0.1, -0.05) is 73.7 Å². The van der Waals surface area contributed by atoms with Gasteiger partial charge in [-0.15, -0.1) is 34.4 Å². The fourth-order valence-electron chi connectivity index (χ4n) is 9.42. The van der Waals surface area contributed by atoms with Gasteiger partial charge < -0.3 is 48.7 Å². The van der Waals surface area contributed by atoms with Crippen LogP contribution in [0.5, 0.6) is 34.5 Å². The summed E-state index contributed by atoms with van der Waals surface area (Å²) in [5.74, 6) is 1.34. The predicted molar refractivity (Wildman–Crippen MR) is 360 cm³/mol. The molecule has 4 N–H and O–H groups in total. The SMILES string of the molecule is CC[C@@H](Cc1ccc(OC)c(C(=O)NCc2ccc(Oc3ccc(F)cc3)cc2)c1)C(=O)O.Cc1cc(SCc2sc(-c3ccc(C(F)(F)F)cc3)nc2C)ccc1OCC(=O)O.Cc1oc(-c2cccs2)nc1CCOc1ccc(C[C@](C)(Oc2ccccc2)C(=O)O)cc1. The Morgan fingerprint density at radius 1 is 0.719 bits per heavy atom. The highest BCUT2D eigenvalue weighted by atomic mass is 32.2. The maximum Gasteiger partial charge on any atom is 0.416 e. The Morgan fingerprint density at radius 2 is 1.38 bits per heavy atom. The molecule has 10 aromatic rings. The molecule has 16 nitrogen and oxygen atoms in total. The van der Waals surface area contributed by atoms with Crippen molar-refractivity contribution in [3.63, 3.8) is 0 Å². The van der Waals surface area contributed by atoms with Crippen LogP contribution in [0.25, 0.3) is 21.3 Å². The van der Waals surface area contributed by atoms with Crippen molar-refractivity contribution >= 4 is 58.3 Å². The van der Waals surface area contributed by atoms with E-state index in [9.17, 15) is 47.0 Å². The number of para-hydroxylation sites is 1. The fourth-order valence-corrected chi connectivity index (χ4v) is 12.3. The van der Waals surface area contributed by atoms with E-state index in [0.717, 1.165) is 66.2 Å². The molecule has 0 aliphatic heterocycles. The van der Waals surface area contributed by atoms with Crippen molar-refractivity contribution in [2.45, 2.75) is 89.3 Å². The molecule has 10 rings (SSSR count). The number of hydrogen-bond acceptors (Lipinski definition) is 15. The maximum absolute atomic E-state index is 13.0. The van der Waals surface area contributed by atoms with Crippen LogP contribution in [0.15, 0.2) is 191 Å². The first-order chi connectivity index (χ1) is 45.9. The molecule has 7 aromatic carbocycles. The zero-order chi connectivity index (χ0) is 68.9. The second-order valence-electron chi connectivity index (χ2n) is 21.9. The minimum atomic E-state index is -4.36. The van der Waals surface area contributed by atoms with Crippen LogP contribution in [0.1, 0.15) is 80.5 Å². The third-order valence-electron chi connectivity index (χ3n) is 14.7. The Morgan fingerprint density at radius 3 is 1.99 bits per heavy atom. The van der Waals surface area contributed by atoms with Crippen LogP contribution in [0.3, 0.4) is 0 Å². The number of oxazole rings is 1. The minimum absolute atomic E-state index is 0.223. The Bertz CT molecular complexity index is 4190. The van der Waals surface area contributed by atoms with Gasteiger partial charge in [0, 0.05) is 40.5 Å². The van der Waals surface area contributed by atoms with E-state index in [1.54, 1.807) is 90.7 Å². The molecule has 0 saturated carbocycles. The summed E-state index contributed by atoms with van der Waals surface area (Å²) in [7, 11) is 1.48. The van der Waals surface area contributed by atoms with E-state index in [2.05, 4.69) is 15.3 Å². The number of aryl methyl sites for hydroxylation is 3. The second-order valence-corrected chi connectivity index (χ2v) is 25.0. The number of benzene rings is 7. The van der Waals surface area contributed by atoms with Crippen LogP contribution >= 0.6 is 34.4 Å². The van der Waals surface area contributed by atoms with Gasteiger partial charge in [0.1, 0.15) is 51.1 Å². The van der Waals surface area contributed by atoms with Crippen LogP contribution in [0, 0.1) is 32.5 Å². The summed E-state index contributed by atoms with van der Waals surface area (Å²) in [6, 6.07) is 49.0. The Labute approximate surface area is 564 Å². The molecule has 0 aliphatic rings. The average Bonchev–Trinajstić information content (AvgIpc) is 1.35. The van der Waals surface area contributed by atoms with Gasteiger partial charge in [0.05, 0.1) is 47.0 Å². The van der Waals surface area contributed by atoms with E-state index in [1.807, 2.05) is 112 Å². The van der Waals surface area contributed by atoms with Gasteiger partial charge in [0.15, 0.2) is 6.61 Å². The second kappa shape index (κ2) is 33.9. The zero-order valence-corrected chi connectivity index (χ0v) is 55.6. The van der Waals surface area contributed by atoms with Gasteiger partial charge in [0.2, 0.25) is 11.5 Å². The summed E-state index contributed by atoms with van der Waals surface area (Å²) >= 11 is 4.65. The molecule has 0 fully saturated rings. The third-order valence-corrected chi connectivity index (χ3v) is 18.0. The van der Waals surface area contributed by atoms with E-state index in [-0.39, 0.29) is 31.3 Å². The van der Waals surface area contributed by atoms with E-state index in [1.165, 1.54) is 42.7 Å². The fraction of sp³-hybridized carbons (Fsp3) is 0.233. The number of carboxylic acids is 3. The maximum atomic E-state index is 13.0. The van der Waals surface area contributed by atoms with Crippen LogP contribution in [0.4, 0.5) is 17.6 Å². The summed E-state index contributed by atoms with van der Waals surface area (Å²) in [5, 5.41) is 33.3. The largest absolute Gasteiger partial charge is 0.496 e. The van der Waals surface area contributed by atoms with E-state index in [0.29, 0.717) is 88.1 Å². The van der Waals surface area contributed by atoms with E-state index < -0.39 is 41.2 Å². The Balaban J connectivity index is 0.000000184. The lowest BCUT2D eigenvalue weighted by molar-refractivity contribution is -0.153. The van der Waals surface area contributed by atoms with Gasteiger partial charge in [-0.05, 0) is 177 Å². The van der Waals surface area contributed by atoms with Gasteiger partial charge >= 0.3 is 24.1 Å². The molecule has 0 unspecified atom stereocenters. The summed E-state index contributed by atoms with van der Waals surface area (Å²) in [6.07, 6.45) is -2.66. The van der Waals surface area contributed by atoms with E-state index in [4.69, 9.17) is 33.2 Å². The van der Waals surface area contributed by atoms with Gasteiger partial charge in [-0.2, -0.15) is 13.2 Å². The van der Waals surface area contributed by atoms with Crippen LogP contribution in [-0.4, -0.2) is 75.0 Å². The van der Waals surface area contributed by atoms with Crippen LogP contribution in [0.2, 0.25) is 0 Å². The molecular weight excluding hydrogens is 1300 g/mol. The lowest BCUT2D eigenvalue weighted by atomic mass is 9.95. The number of ether oxygens (including phenoxy) is 5. The number of thiazole rings is 1. The summed E-state index contributed by atoms with van der Waals surface area (Å²) < 4.78 is 84.9. The molecule has 500 valence electrons. The molecule has 96 heavy (non-hydrogen) atoms. The van der Waals surface area contributed by atoms with Crippen molar-refractivity contribution in [2.24, 2.45) is 5.92 Å². The van der Waals surface area contributed by atoms with Gasteiger partial charge in [-0.3, -0.25) is 9.59 Å². The number of alkyl halides is 3. The number of nitrogens with zero attached hydrogens (tertiary/aromatic N) is 2. The van der Waals surface area contributed by atoms with Crippen molar-refractivity contribution in [1.82, 2.24) is 15.3 Å². The highest BCUT2D eigenvalue weighted by Crippen LogP contribution is 2.37. The van der Waals surface area contributed by atoms with Gasteiger partial charge in [-0.25, -0.2) is 23.9 Å². The number of methoxy groups -OCH3 is 1. The molecule has 3 heterocycles. The van der Waals surface area contributed by atoms with Crippen molar-refractivity contribution in [2.75, 3.05) is 20.3 Å². The smallest absolute Gasteiger partial charge is 0.416 e. The minimum Gasteiger partial charge on any atom is -0.496 e. The molecule has 23 heteroatoms. The highest BCUT2D eigenvalue weighted by Gasteiger charge is 2.36. The summed E-state index contributed by atoms with van der Waals surface area (Å²) in [5.41, 5.74) is 3.99. The molecule has 1 amide bonds. The van der Waals surface area contributed by atoms with E-state index >= 15 is 0 Å². The number of aromatic nitrogens is 2. The number of aliphatic carboxylic acids is 3. The number of thioether (sulfide) groups is 1. The van der Waals surface area contributed by atoms with Crippen LogP contribution in [-0.2, 0) is 52.1 Å². The molecular formula is C73H69F4N3O13S3. The standard InChI is InChI=1S/C26H26FNO5.C26H25NO5S.C21H18F3NO3S2/c1-3-19(26(30)31)14-18-6-13-24(32-2)23(15-18)25(29)28-16-17-4-9-21(10-5-17)33-22-11-7-20(27)8-12-22;1-18-22(27-24(31-18)23-9-6-16-33-23)14-15-30-20-12-10-19(11-13-20)17-26(2,25(28)29)32-21-7-4-3-5-8-21;1-12-9-16(7-8-17(12)28-10-19(26)27)29-11-18-13(2)25-20(30-18)14-3-5-15(6-4-14)21(22,23)24/h4-13,15,19H,3,14,16H2,1-2H3,(H,28,29)(H,30,31);3-13,16H,14-15,17H2,1-2H3,(H,28,29);3-9H,10-11H2,1-2H3,(H,26,27)/t19-;26-;/m00./s1. The number of amides is 1. The number of rotatable bonds is 27. The molecule has 3 aromatic heterocycles. The number of carbonyl (C=O) groups is 4. The zero-order valence-electron chi connectivity index (χ0n) is 53.1. The monoisotopic (exact) mass is 1370 g/mol. The number of carboxylic acid groups (broad SMARTS) is 3. The van der Waals surface area contributed by atoms with Crippen molar-refractivity contribution in [1.29, 1.82) is 0 Å². The normalized spacial score (nSPS) is 11.9. The number of halogens is 4. The Kier molecular flexibility index (Phi) is 25.4. The first-order valence-corrected chi connectivity index (χ1v) is 32.8. The van der Waals surface area contributed by atoms with Crippen molar-refractivity contribution in [3.8, 4) is 55.8 Å². The molecule has 0 saturated heterocycles. The lowest BCUT2D eigenvalue weighted by Crippen LogP contribution is -2.43. The van der Waals surface area contributed by atoms with Crippen molar-refractivity contribution in [3.05, 3.63) is 243 Å². The molecule has 0 spiro atoms. The topological polar surface area (TPSA) is 226 Å². The highest BCUT2D eigenvalue weighted by molar-refractivity contribution is 7.98. The third kappa shape index (κ3) is 21.0. The molecule has 0 bridgehead atoms. The summed E-state index contributed by atoms with van der Waals surface area (Å²) in [6.45, 7) is 9.40. The molecule has 2 atom stereocenters.